The van der Waals surface area contributed by atoms with E-state index in [1.54, 1.807) is 23.3 Å². The fourth-order valence-electron chi connectivity index (χ4n) is 3.71. The van der Waals surface area contributed by atoms with Gasteiger partial charge in [-0.15, -0.1) is 0 Å². The van der Waals surface area contributed by atoms with Crippen LogP contribution >= 0.6 is 0 Å². The van der Waals surface area contributed by atoms with E-state index in [1.807, 2.05) is 37.3 Å². The van der Waals surface area contributed by atoms with Crippen molar-refractivity contribution in [3.8, 4) is 23.3 Å². The zero-order valence-electron chi connectivity index (χ0n) is 16.5. The van der Waals surface area contributed by atoms with Gasteiger partial charge in [0, 0.05) is 48.2 Å². The van der Waals surface area contributed by atoms with E-state index >= 15 is 0 Å². The molecule has 8 nitrogen and oxygen atoms in total. The molecule has 1 aliphatic heterocycles. The molecule has 3 aromatic heterocycles. The van der Waals surface area contributed by atoms with Crippen LogP contribution in [0.3, 0.4) is 0 Å². The van der Waals surface area contributed by atoms with Gasteiger partial charge in [0.05, 0.1) is 40.0 Å². The Balaban J connectivity index is 1.71. The third-order valence-electron chi connectivity index (χ3n) is 5.17. The lowest BCUT2D eigenvalue weighted by molar-refractivity contribution is 0.0750. The molecule has 3 aromatic rings. The largest absolute Gasteiger partial charge is 0.346 e. The molecule has 1 atom stereocenters. The predicted octanol–water partition coefficient (Wildman–Crippen LogP) is 2.68. The zero-order valence-corrected chi connectivity index (χ0v) is 17.3. The molecule has 1 saturated heterocycles. The molecular formula is C20H21N7OS. The van der Waals surface area contributed by atoms with Gasteiger partial charge in [-0.3, -0.25) is 4.68 Å². The summed E-state index contributed by atoms with van der Waals surface area (Å²) in [5.74, 6) is 0. The molecule has 0 aliphatic carbocycles. The number of hydrogen-bond acceptors (Lipinski definition) is 5. The number of aromatic nitrogens is 4. The van der Waals surface area contributed by atoms with Crippen LogP contribution in [-0.4, -0.2) is 46.1 Å². The molecule has 148 valence electrons. The van der Waals surface area contributed by atoms with Crippen molar-refractivity contribution in [3.05, 3.63) is 36.4 Å². The van der Waals surface area contributed by atoms with E-state index in [0.29, 0.717) is 24.3 Å². The number of nitrogens with one attached hydrogen (secondary N) is 1. The summed E-state index contributed by atoms with van der Waals surface area (Å²) in [7, 11) is -1.14. The van der Waals surface area contributed by atoms with Crippen LogP contribution in [0.4, 0.5) is 0 Å². The highest BCUT2D eigenvalue weighted by Crippen LogP contribution is 2.37. The van der Waals surface area contributed by atoms with Gasteiger partial charge in [-0.2, -0.15) is 15.6 Å². The number of H-pyrrole nitrogens is 1. The molecular weight excluding hydrogens is 386 g/mol. The first-order valence-electron chi connectivity index (χ1n) is 9.25. The Bertz CT molecular complexity index is 1180. The van der Waals surface area contributed by atoms with Crippen molar-refractivity contribution in [2.45, 2.75) is 37.5 Å². The molecule has 9 heteroatoms. The molecule has 0 amide bonds. The van der Waals surface area contributed by atoms with Crippen LogP contribution < -0.4 is 0 Å². The third-order valence-corrected chi connectivity index (χ3v) is 6.95. The molecule has 29 heavy (non-hydrogen) atoms. The number of aromatic amines is 1. The van der Waals surface area contributed by atoms with E-state index in [4.69, 9.17) is 0 Å². The van der Waals surface area contributed by atoms with Gasteiger partial charge in [0.25, 0.3) is 0 Å². The minimum absolute atomic E-state index is 0.271. The second-order valence-electron chi connectivity index (χ2n) is 8.29. The molecule has 0 spiro atoms. The number of hydrogen-bond donors (Lipinski definition) is 1. The lowest BCUT2D eigenvalue weighted by Gasteiger charge is -2.49. The van der Waals surface area contributed by atoms with Crippen LogP contribution in [0.15, 0.2) is 30.9 Å². The second-order valence-corrected chi connectivity index (χ2v) is 10.5. The van der Waals surface area contributed by atoms with Crippen LogP contribution in [0.2, 0.25) is 0 Å². The molecule has 0 aromatic carbocycles. The van der Waals surface area contributed by atoms with Gasteiger partial charge in [-0.25, -0.2) is 13.5 Å². The highest BCUT2D eigenvalue weighted by molar-refractivity contribution is 7.84. The molecule has 1 aliphatic rings. The fraction of sp³-hybridized carbons (Fsp3) is 0.400. The summed E-state index contributed by atoms with van der Waals surface area (Å²) in [6, 6.07) is 6.34. The van der Waals surface area contributed by atoms with Crippen LogP contribution in [0.5, 0.6) is 0 Å². The van der Waals surface area contributed by atoms with Gasteiger partial charge in [0.1, 0.15) is 17.3 Å². The molecule has 0 saturated carbocycles. The van der Waals surface area contributed by atoms with Crippen LogP contribution in [0.1, 0.15) is 32.8 Å². The van der Waals surface area contributed by atoms with E-state index < -0.39 is 16.5 Å². The van der Waals surface area contributed by atoms with Crippen molar-refractivity contribution in [3.63, 3.8) is 0 Å². The highest BCUT2D eigenvalue weighted by Gasteiger charge is 2.49. The number of nitriles is 2. The van der Waals surface area contributed by atoms with Crippen molar-refractivity contribution in [2.24, 2.45) is 0 Å². The third kappa shape index (κ3) is 3.13. The number of nitrogens with zero attached hydrogens (tertiary/aromatic N) is 6. The van der Waals surface area contributed by atoms with E-state index in [0.717, 1.165) is 16.5 Å². The predicted molar refractivity (Wildman–Crippen MR) is 110 cm³/mol. The Morgan fingerprint density at radius 2 is 2.07 bits per heavy atom. The summed E-state index contributed by atoms with van der Waals surface area (Å²) in [4.78, 5) is 7.34. The molecule has 0 radical (unpaired) electrons. The Hall–Kier alpha value is -3.01. The lowest BCUT2D eigenvalue weighted by atomic mass is 9.89. The summed E-state index contributed by atoms with van der Waals surface area (Å²) in [6.45, 7) is 6.80. The summed E-state index contributed by atoms with van der Waals surface area (Å²) in [5.41, 5.74) is 2.21. The summed E-state index contributed by atoms with van der Waals surface area (Å²) >= 11 is 0. The molecule has 1 N–H and O–H groups in total. The van der Waals surface area contributed by atoms with E-state index in [1.165, 1.54) is 0 Å². The molecule has 0 bridgehead atoms. The lowest BCUT2D eigenvalue weighted by Crippen LogP contribution is -2.64. The van der Waals surface area contributed by atoms with Crippen molar-refractivity contribution in [1.82, 2.24) is 24.1 Å². The maximum absolute atomic E-state index is 12.7. The maximum Gasteiger partial charge on any atom is 0.137 e. The van der Waals surface area contributed by atoms with E-state index in [-0.39, 0.29) is 11.2 Å². The van der Waals surface area contributed by atoms with Crippen molar-refractivity contribution < 1.29 is 4.21 Å². The molecule has 1 unspecified atom stereocenters. The monoisotopic (exact) mass is 407 g/mol. The van der Waals surface area contributed by atoms with Crippen LogP contribution in [-0.2, 0) is 16.5 Å². The number of fused-ring (bicyclic) bond motifs is 1. The summed E-state index contributed by atoms with van der Waals surface area (Å²) in [6.07, 6.45) is 7.19. The maximum atomic E-state index is 12.7. The highest BCUT2D eigenvalue weighted by atomic mass is 32.2. The first-order valence-corrected chi connectivity index (χ1v) is 10.4. The first-order chi connectivity index (χ1) is 13.8. The summed E-state index contributed by atoms with van der Waals surface area (Å²) < 4.78 is 16.0. The standard InChI is InChI=1S/C20H21N7OS/c1-19(2,3)29(28)26-12-20(13-26,5-6-21)27-11-15(10-25-27)17-14(8-22)9-24-18-16(17)4-7-23-18/h4,7,9-11H,5,12-13H2,1-3H3,(H,23,24). The SMILES string of the molecule is CC(C)(C)S(=O)N1CC(CC#N)(n2cc(-c3c(C#N)cnc4[nH]ccc34)cn2)C1. The average molecular weight is 408 g/mol. The van der Waals surface area contributed by atoms with Crippen molar-refractivity contribution >= 4 is 22.0 Å². The van der Waals surface area contributed by atoms with Crippen LogP contribution in [0.25, 0.3) is 22.2 Å². The van der Waals surface area contributed by atoms with E-state index in [2.05, 4.69) is 27.2 Å². The van der Waals surface area contributed by atoms with E-state index in [9.17, 15) is 14.7 Å². The Kier molecular flexibility index (Phi) is 4.53. The smallest absolute Gasteiger partial charge is 0.137 e. The van der Waals surface area contributed by atoms with Gasteiger partial charge >= 0.3 is 0 Å². The van der Waals surface area contributed by atoms with Crippen molar-refractivity contribution in [1.29, 1.82) is 10.5 Å². The van der Waals surface area contributed by atoms with Gasteiger partial charge in [0.15, 0.2) is 0 Å². The Morgan fingerprint density at radius 3 is 2.72 bits per heavy atom. The van der Waals surface area contributed by atoms with Crippen LogP contribution in [0, 0.1) is 22.7 Å². The topological polar surface area (TPSA) is 114 Å². The quantitative estimate of drug-likeness (QED) is 0.714. The molecule has 4 rings (SSSR count). The summed E-state index contributed by atoms with van der Waals surface area (Å²) in [5, 5.41) is 24.3. The van der Waals surface area contributed by atoms with Gasteiger partial charge in [0.2, 0.25) is 0 Å². The Morgan fingerprint density at radius 1 is 1.31 bits per heavy atom. The number of rotatable bonds is 4. The minimum Gasteiger partial charge on any atom is -0.346 e. The molecule has 1 fully saturated rings. The fourth-order valence-corrected chi connectivity index (χ4v) is 5.20. The average Bonchev–Trinajstić information content (AvgIpc) is 3.31. The zero-order chi connectivity index (χ0) is 20.8. The first kappa shape index (κ1) is 19.3. The second kappa shape index (κ2) is 6.80. The molecule has 4 heterocycles. The minimum atomic E-state index is -1.14. The van der Waals surface area contributed by atoms with Crippen molar-refractivity contribution in [2.75, 3.05) is 13.1 Å². The number of pyridine rings is 1. The Labute approximate surface area is 171 Å². The van der Waals surface area contributed by atoms with Gasteiger partial charge < -0.3 is 4.98 Å². The van der Waals surface area contributed by atoms with Gasteiger partial charge in [-0.1, -0.05) is 0 Å². The van der Waals surface area contributed by atoms with Gasteiger partial charge in [-0.05, 0) is 26.8 Å². The normalized spacial score (nSPS) is 17.4.